The first-order valence-corrected chi connectivity index (χ1v) is 11.7. The Morgan fingerprint density at radius 2 is 1.97 bits per heavy atom. The molecular weight excluding hydrogens is 513 g/mol. The number of hydrogen-bond donors (Lipinski definition) is 2. The van der Waals surface area contributed by atoms with Gasteiger partial charge in [0.25, 0.3) is 5.91 Å². The summed E-state index contributed by atoms with van der Waals surface area (Å²) < 4.78 is 10.9. The standard InChI is InChI=1S/C23H17Cl2N5O4S/c24-16-7-8-18(34-13-14-4-1-2-5-17(14)25)15(10-16)12-26-28-20(31)11-21-29-30-23(35-21)27-22(32)19-6-3-9-33-19/h1-10,12H,11,13H2,(H,28,31)(H,27,30,32)/b26-12+. The Balaban J connectivity index is 1.32. The van der Waals surface area contributed by atoms with E-state index in [0.717, 1.165) is 16.9 Å². The van der Waals surface area contributed by atoms with Crippen molar-refractivity contribution in [3.05, 3.63) is 92.8 Å². The van der Waals surface area contributed by atoms with Crippen molar-refractivity contribution in [2.45, 2.75) is 13.0 Å². The number of rotatable bonds is 9. The minimum Gasteiger partial charge on any atom is -0.488 e. The molecule has 2 aromatic carbocycles. The molecule has 35 heavy (non-hydrogen) atoms. The molecule has 2 N–H and O–H groups in total. The zero-order valence-corrected chi connectivity index (χ0v) is 20.2. The topological polar surface area (TPSA) is 119 Å². The van der Waals surface area contributed by atoms with Crippen LogP contribution in [0.15, 0.2) is 70.4 Å². The third-order valence-electron chi connectivity index (χ3n) is 4.45. The summed E-state index contributed by atoms with van der Waals surface area (Å²) in [6, 6.07) is 15.6. The van der Waals surface area contributed by atoms with Gasteiger partial charge in [-0.15, -0.1) is 10.2 Å². The fourth-order valence-electron chi connectivity index (χ4n) is 2.82. The molecule has 4 aromatic rings. The Labute approximate surface area is 213 Å². The molecule has 0 fully saturated rings. The Hall–Kier alpha value is -3.73. The predicted molar refractivity (Wildman–Crippen MR) is 133 cm³/mol. The zero-order valence-electron chi connectivity index (χ0n) is 17.9. The van der Waals surface area contributed by atoms with Gasteiger partial charge in [0.15, 0.2) is 5.76 Å². The van der Waals surface area contributed by atoms with Gasteiger partial charge in [0.1, 0.15) is 17.4 Å². The van der Waals surface area contributed by atoms with Crippen molar-refractivity contribution in [2.75, 3.05) is 5.32 Å². The lowest BCUT2D eigenvalue weighted by atomic mass is 10.2. The number of ether oxygens (including phenoxy) is 1. The summed E-state index contributed by atoms with van der Waals surface area (Å²) in [6.45, 7) is 0.254. The summed E-state index contributed by atoms with van der Waals surface area (Å²) in [7, 11) is 0. The van der Waals surface area contributed by atoms with Gasteiger partial charge in [0.05, 0.1) is 18.9 Å². The number of anilines is 1. The zero-order chi connectivity index (χ0) is 24.6. The smallest absolute Gasteiger partial charge is 0.293 e. The summed E-state index contributed by atoms with van der Waals surface area (Å²) in [6.07, 6.45) is 2.75. The van der Waals surface area contributed by atoms with Crippen LogP contribution in [0.3, 0.4) is 0 Å². The molecule has 178 valence electrons. The lowest BCUT2D eigenvalue weighted by Crippen LogP contribution is -2.19. The number of aromatic nitrogens is 2. The van der Waals surface area contributed by atoms with Crippen molar-refractivity contribution in [3.8, 4) is 5.75 Å². The molecule has 12 heteroatoms. The Kier molecular flexibility index (Phi) is 8.09. The van der Waals surface area contributed by atoms with Crippen molar-refractivity contribution in [1.29, 1.82) is 0 Å². The molecule has 9 nitrogen and oxygen atoms in total. The van der Waals surface area contributed by atoms with Crippen LogP contribution in [0.4, 0.5) is 5.13 Å². The van der Waals surface area contributed by atoms with Crippen LogP contribution in [0.1, 0.15) is 26.7 Å². The largest absolute Gasteiger partial charge is 0.488 e. The van der Waals surface area contributed by atoms with E-state index >= 15 is 0 Å². The number of benzene rings is 2. The second kappa shape index (κ2) is 11.6. The second-order valence-corrected chi connectivity index (χ2v) is 8.87. The predicted octanol–water partition coefficient (Wildman–Crippen LogP) is 4.96. The van der Waals surface area contributed by atoms with E-state index in [1.54, 1.807) is 30.3 Å². The van der Waals surface area contributed by atoms with Gasteiger partial charge < -0.3 is 9.15 Å². The lowest BCUT2D eigenvalue weighted by Gasteiger charge is -2.10. The van der Waals surface area contributed by atoms with Crippen LogP contribution in [-0.2, 0) is 17.8 Å². The number of halogens is 2. The third-order valence-corrected chi connectivity index (χ3v) is 5.89. The number of furan rings is 1. The Morgan fingerprint density at radius 3 is 2.77 bits per heavy atom. The molecule has 2 aromatic heterocycles. The highest BCUT2D eigenvalue weighted by atomic mass is 35.5. The van der Waals surface area contributed by atoms with E-state index in [-0.39, 0.29) is 23.9 Å². The monoisotopic (exact) mass is 529 g/mol. The van der Waals surface area contributed by atoms with Gasteiger partial charge >= 0.3 is 0 Å². The van der Waals surface area contributed by atoms with E-state index in [2.05, 4.69) is 26.0 Å². The maximum atomic E-state index is 12.3. The van der Waals surface area contributed by atoms with Crippen LogP contribution in [0.25, 0.3) is 0 Å². The SMILES string of the molecule is O=C(Cc1nnc(NC(=O)c2ccco2)s1)N/N=C/c1cc(Cl)ccc1OCc1ccccc1Cl. The fourth-order valence-corrected chi connectivity index (χ4v) is 3.92. The number of nitrogens with one attached hydrogen (secondary N) is 2. The Morgan fingerprint density at radius 1 is 1.11 bits per heavy atom. The van der Waals surface area contributed by atoms with E-state index in [1.807, 2.05) is 18.2 Å². The minimum atomic E-state index is -0.458. The molecule has 0 saturated heterocycles. The number of hydrazone groups is 1. The molecule has 2 amide bonds. The van der Waals surface area contributed by atoms with Gasteiger partial charge in [0.2, 0.25) is 11.0 Å². The highest BCUT2D eigenvalue weighted by molar-refractivity contribution is 7.15. The molecule has 0 spiro atoms. The molecule has 4 rings (SSSR count). The van der Waals surface area contributed by atoms with Gasteiger partial charge in [-0.05, 0) is 36.4 Å². The van der Waals surface area contributed by atoms with Gasteiger partial charge in [-0.25, -0.2) is 5.43 Å². The van der Waals surface area contributed by atoms with Crippen LogP contribution in [0.5, 0.6) is 5.75 Å². The quantitative estimate of drug-likeness (QED) is 0.233. The van der Waals surface area contributed by atoms with E-state index in [4.69, 9.17) is 32.4 Å². The van der Waals surface area contributed by atoms with Gasteiger partial charge in [0, 0.05) is 21.2 Å². The molecule has 0 bridgehead atoms. The highest BCUT2D eigenvalue weighted by Crippen LogP contribution is 2.24. The van der Waals surface area contributed by atoms with Crippen molar-refractivity contribution in [2.24, 2.45) is 5.10 Å². The average molecular weight is 530 g/mol. The van der Waals surface area contributed by atoms with Crippen molar-refractivity contribution in [1.82, 2.24) is 15.6 Å². The first-order chi connectivity index (χ1) is 17.0. The molecule has 0 aliphatic heterocycles. The van der Waals surface area contributed by atoms with Crippen LogP contribution >= 0.6 is 34.5 Å². The molecule has 0 saturated carbocycles. The molecule has 0 unspecified atom stereocenters. The minimum absolute atomic E-state index is 0.0724. The van der Waals surface area contributed by atoms with Crippen LogP contribution in [0, 0.1) is 0 Å². The first-order valence-electron chi connectivity index (χ1n) is 10.1. The Bertz CT molecular complexity index is 1360. The average Bonchev–Trinajstić information content (AvgIpc) is 3.52. The van der Waals surface area contributed by atoms with Crippen molar-refractivity contribution >= 4 is 57.7 Å². The molecule has 0 aliphatic carbocycles. The number of carbonyl (C=O) groups excluding carboxylic acids is 2. The van der Waals surface area contributed by atoms with E-state index in [9.17, 15) is 9.59 Å². The van der Waals surface area contributed by atoms with E-state index in [0.29, 0.717) is 26.4 Å². The highest BCUT2D eigenvalue weighted by Gasteiger charge is 2.14. The summed E-state index contributed by atoms with van der Waals surface area (Å²) in [5.74, 6) is -0.207. The van der Waals surface area contributed by atoms with Crippen LogP contribution < -0.4 is 15.5 Å². The number of hydrogen-bond acceptors (Lipinski definition) is 8. The van der Waals surface area contributed by atoms with Crippen molar-refractivity contribution in [3.63, 3.8) is 0 Å². The number of nitrogens with zero attached hydrogens (tertiary/aromatic N) is 3. The number of carbonyl (C=O) groups is 2. The van der Waals surface area contributed by atoms with E-state index < -0.39 is 11.8 Å². The second-order valence-electron chi connectivity index (χ2n) is 6.96. The molecule has 0 atom stereocenters. The summed E-state index contributed by atoms with van der Waals surface area (Å²) in [5, 5.41) is 16.0. The molecule has 0 aliphatic rings. The molecule has 0 radical (unpaired) electrons. The number of amides is 2. The summed E-state index contributed by atoms with van der Waals surface area (Å²) >= 11 is 13.4. The van der Waals surface area contributed by atoms with Crippen LogP contribution in [0.2, 0.25) is 10.0 Å². The molecule has 2 heterocycles. The molecular formula is C23H17Cl2N5O4S. The normalized spacial score (nSPS) is 10.9. The van der Waals surface area contributed by atoms with Gasteiger partial charge in [-0.2, -0.15) is 5.10 Å². The fraction of sp³-hybridized carbons (Fsp3) is 0.0870. The third kappa shape index (κ3) is 6.89. The van der Waals surface area contributed by atoms with Crippen LogP contribution in [-0.4, -0.2) is 28.2 Å². The maximum Gasteiger partial charge on any atom is 0.293 e. The van der Waals surface area contributed by atoms with Gasteiger partial charge in [-0.3, -0.25) is 14.9 Å². The first kappa shape index (κ1) is 24.4. The van der Waals surface area contributed by atoms with Crippen molar-refractivity contribution < 1.29 is 18.7 Å². The van der Waals surface area contributed by atoms with Gasteiger partial charge in [-0.1, -0.05) is 52.7 Å². The summed E-state index contributed by atoms with van der Waals surface area (Å²) in [4.78, 5) is 24.2. The lowest BCUT2D eigenvalue weighted by molar-refractivity contribution is -0.120. The maximum absolute atomic E-state index is 12.3. The van der Waals surface area contributed by atoms with E-state index in [1.165, 1.54) is 18.5 Å². The summed E-state index contributed by atoms with van der Waals surface area (Å²) in [5.41, 5.74) is 3.83.